The SMILES string of the molecule is O=S(=O)(CCCCl)Nc1cnccc1Cl. The van der Waals surface area contributed by atoms with Crippen LogP contribution in [0.5, 0.6) is 0 Å². The predicted octanol–water partition coefficient (Wildman–Crippen LogP) is 2.11. The summed E-state index contributed by atoms with van der Waals surface area (Å²) in [6.07, 6.45) is 3.24. The van der Waals surface area contributed by atoms with E-state index in [-0.39, 0.29) is 11.4 Å². The summed E-state index contributed by atoms with van der Waals surface area (Å²) in [7, 11) is -3.38. The fourth-order valence-corrected chi connectivity index (χ4v) is 2.54. The molecule has 1 heterocycles. The lowest BCUT2D eigenvalue weighted by Crippen LogP contribution is -2.17. The number of sulfonamides is 1. The van der Waals surface area contributed by atoms with E-state index >= 15 is 0 Å². The first-order valence-electron chi connectivity index (χ1n) is 4.21. The molecule has 0 atom stereocenters. The van der Waals surface area contributed by atoms with Gasteiger partial charge >= 0.3 is 0 Å². The second-order valence-electron chi connectivity index (χ2n) is 2.82. The lowest BCUT2D eigenvalue weighted by Gasteiger charge is -2.07. The van der Waals surface area contributed by atoms with Crippen molar-refractivity contribution < 1.29 is 8.42 Å². The molecule has 0 aliphatic heterocycles. The van der Waals surface area contributed by atoms with Gasteiger partial charge in [-0.2, -0.15) is 0 Å². The molecule has 0 aliphatic carbocycles. The van der Waals surface area contributed by atoms with E-state index in [0.717, 1.165) is 0 Å². The zero-order chi connectivity index (χ0) is 11.3. The fourth-order valence-electron chi connectivity index (χ4n) is 0.916. The Morgan fingerprint density at radius 1 is 1.47 bits per heavy atom. The molecular weight excluding hydrogens is 259 g/mol. The summed E-state index contributed by atoms with van der Waals surface area (Å²) in [5.74, 6) is 0.281. The van der Waals surface area contributed by atoms with Crippen LogP contribution in [0.4, 0.5) is 5.69 Å². The largest absolute Gasteiger partial charge is 0.280 e. The van der Waals surface area contributed by atoms with E-state index in [1.165, 1.54) is 18.5 Å². The van der Waals surface area contributed by atoms with Crippen LogP contribution in [0.3, 0.4) is 0 Å². The molecule has 1 aromatic rings. The van der Waals surface area contributed by atoms with E-state index in [1.807, 2.05) is 0 Å². The zero-order valence-corrected chi connectivity index (χ0v) is 10.1. The van der Waals surface area contributed by atoms with Gasteiger partial charge in [0.25, 0.3) is 0 Å². The third-order valence-corrected chi connectivity index (χ3v) is 3.53. The van der Waals surface area contributed by atoms with Gasteiger partial charge in [-0.25, -0.2) is 8.42 Å². The summed E-state index contributed by atoms with van der Waals surface area (Å²) >= 11 is 11.2. The van der Waals surface area contributed by atoms with Crippen molar-refractivity contribution in [3.05, 3.63) is 23.5 Å². The molecule has 0 bridgehead atoms. The first kappa shape index (κ1) is 12.5. The van der Waals surface area contributed by atoms with E-state index in [2.05, 4.69) is 9.71 Å². The molecule has 84 valence electrons. The molecule has 15 heavy (non-hydrogen) atoms. The van der Waals surface area contributed by atoms with Gasteiger partial charge in [-0.1, -0.05) is 11.6 Å². The van der Waals surface area contributed by atoms with Crippen molar-refractivity contribution in [3.63, 3.8) is 0 Å². The fraction of sp³-hybridized carbons (Fsp3) is 0.375. The maximum atomic E-state index is 11.5. The minimum atomic E-state index is -3.38. The molecule has 0 saturated heterocycles. The number of rotatable bonds is 5. The quantitative estimate of drug-likeness (QED) is 0.833. The molecule has 0 radical (unpaired) electrons. The molecule has 4 nitrogen and oxygen atoms in total. The molecule has 0 fully saturated rings. The summed E-state index contributed by atoms with van der Waals surface area (Å²) in [5.41, 5.74) is 0.286. The van der Waals surface area contributed by atoms with Crippen molar-refractivity contribution in [2.24, 2.45) is 0 Å². The van der Waals surface area contributed by atoms with Crippen molar-refractivity contribution >= 4 is 38.9 Å². The molecule has 0 saturated carbocycles. The van der Waals surface area contributed by atoms with Crippen LogP contribution in [0, 0.1) is 0 Å². The van der Waals surface area contributed by atoms with Gasteiger partial charge in [0.2, 0.25) is 10.0 Å². The van der Waals surface area contributed by atoms with Crippen molar-refractivity contribution in [2.45, 2.75) is 6.42 Å². The van der Waals surface area contributed by atoms with E-state index < -0.39 is 10.0 Å². The first-order valence-corrected chi connectivity index (χ1v) is 6.77. The van der Waals surface area contributed by atoms with Crippen LogP contribution in [0.2, 0.25) is 5.02 Å². The van der Waals surface area contributed by atoms with Crippen LogP contribution < -0.4 is 4.72 Å². The van der Waals surface area contributed by atoms with Gasteiger partial charge in [-0.05, 0) is 12.5 Å². The maximum absolute atomic E-state index is 11.5. The number of hydrogen-bond donors (Lipinski definition) is 1. The second kappa shape index (κ2) is 5.53. The summed E-state index contributed by atoms with van der Waals surface area (Å²) in [6.45, 7) is 0. The molecule has 0 spiro atoms. The standard InChI is InChI=1S/C8H10Cl2N2O2S/c9-3-1-5-15(13,14)12-8-6-11-4-2-7(8)10/h2,4,6,12H,1,3,5H2. The number of nitrogens with zero attached hydrogens (tertiary/aromatic N) is 1. The highest BCUT2D eigenvalue weighted by molar-refractivity contribution is 7.92. The van der Waals surface area contributed by atoms with Gasteiger partial charge in [0, 0.05) is 12.1 Å². The third-order valence-electron chi connectivity index (χ3n) is 1.58. The number of anilines is 1. The van der Waals surface area contributed by atoms with Crippen LogP contribution in [-0.2, 0) is 10.0 Å². The van der Waals surface area contributed by atoms with Gasteiger partial charge in [-0.15, -0.1) is 11.6 Å². The molecule has 1 N–H and O–H groups in total. The van der Waals surface area contributed by atoms with Crippen molar-refractivity contribution in [1.82, 2.24) is 4.98 Å². The topological polar surface area (TPSA) is 59.1 Å². The van der Waals surface area contributed by atoms with Crippen LogP contribution >= 0.6 is 23.2 Å². The summed E-state index contributed by atoms with van der Waals surface area (Å²) < 4.78 is 25.3. The van der Waals surface area contributed by atoms with E-state index in [9.17, 15) is 8.42 Å². The predicted molar refractivity (Wildman–Crippen MR) is 62.0 cm³/mol. The molecule has 0 aromatic carbocycles. The number of nitrogens with one attached hydrogen (secondary N) is 1. The Bertz CT molecular complexity index is 422. The van der Waals surface area contributed by atoms with E-state index in [0.29, 0.717) is 17.3 Å². The molecule has 0 unspecified atom stereocenters. The molecule has 1 aromatic heterocycles. The number of pyridine rings is 1. The Labute approximate surface area is 98.7 Å². The minimum absolute atomic E-state index is 0.0261. The summed E-state index contributed by atoms with van der Waals surface area (Å²) in [5, 5.41) is 0.319. The molecular formula is C8H10Cl2N2O2S. The van der Waals surface area contributed by atoms with Gasteiger partial charge < -0.3 is 0 Å². The van der Waals surface area contributed by atoms with Gasteiger partial charge in [-0.3, -0.25) is 9.71 Å². The maximum Gasteiger partial charge on any atom is 0.232 e. The lowest BCUT2D eigenvalue weighted by molar-refractivity contribution is 0.600. The third kappa shape index (κ3) is 4.24. The number of aromatic nitrogens is 1. The molecule has 0 aliphatic rings. The number of halogens is 2. The van der Waals surface area contributed by atoms with Crippen molar-refractivity contribution in [1.29, 1.82) is 0 Å². The smallest absolute Gasteiger partial charge is 0.232 e. The van der Waals surface area contributed by atoms with Crippen molar-refractivity contribution in [3.8, 4) is 0 Å². The normalized spacial score (nSPS) is 11.3. The van der Waals surface area contributed by atoms with Gasteiger partial charge in [0.05, 0.1) is 22.7 Å². The summed E-state index contributed by atoms with van der Waals surface area (Å²) in [6, 6.07) is 1.51. The van der Waals surface area contributed by atoms with Gasteiger partial charge in [0.15, 0.2) is 0 Å². The van der Waals surface area contributed by atoms with E-state index in [1.54, 1.807) is 0 Å². The second-order valence-corrected chi connectivity index (χ2v) is 5.45. The van der Waals surface area contributed by atoms with Crippen LogP contribution in [0.15, 0.2) is 18.5 Å². The Kier molecular flexibility index (Phi) is 4.63. The highest BCUT2D eigenvalue weighted by atomic mass is 35.5. The summed E-state index contributed by atoms with van der Waals surface area (Å²) in [4.78, 5) is 3.77. The van der Waals surface area contributed by atoms with E-state index in [4.69, 9.17) is 23.2 Å². The number of hydrogen-bond acceptors (Lipinski definition) is 3. The Balaban J connectivity index is 2.74. The number of alkyl halides is 1. The Morgan fingerprint density at radius 3 is 2.80 bits per heavy atom. The monoisotopic (exact) mass is 268 g/mol. The van der Waals surface area contributed by atoms with Crippen LogP contribution in [0.25, 0.3) is 0 Å². The Hall–Kier alpha value is -0.520. The molecule has 7 heteroatoms. The average molecular weight is 269 g/mol. The van der Waals surface area contributed by atoms with Crippen LogP contribution in [0.1, 0.15) is 6.42 Å². The van der Waals surface area contributed by atoms with Gasteiger partial charge in [0.1, 0.15) is 0 Å². The minimum Gasteiger partial charge on any atom is -0.280 e. The molecule has 1 rings (SSSR count). The van der Waals surface area contributed by atoms with Crippen molar-refractivity contribution in [2.75, 3.05) is 16.4 Å². The highest BCUT2D eigenvalue weighted by Gasteiger charge is 2.11. The Morgan fingerprint density at radius 2 is 2.20 bits per heavy atom. The zero-order valence-electron chi connectivity index (χ0n) is 7.78. The highest BCUT2D eigenvalue weighted by Crippen LogP contribution is 2.20. The molecule has 0 amide bonds. The average Bonchev–Trinajstić information content (AvgIpc) is 2.18. The van der Waals surface area contributed by atoms with Crippen LogP contribution in [-0.4, -0.2) is 25.0 Å². The first-order chi connectivity index (χ1) is 7.05. The lowest BCUT2D eigenvalue weighted by atomic mass is 10.4.